The van der Waals surface area contributed by atoms with E-state index in [1.54, 1.807) is 0 Å². The third kappa shape index (κ3) is 3.03. The summed E-state index contributed by atoms with van der Waals surface area (Å²) in [6.45, 7) is 3.88. The van der Waals surface area contributed by atoms with Crippen molar-refractivity contribution in [3.05, 3.63) is 30.1 Å². The molecule has 2 N–H and O–H groups in total. The minimum Gasteiger partial charge on any atom is -0.326 e. The maximum Gasteiger partial charge on any atom is 0.0753 e. The molecular weight excluding hydrogens is 214 g/mol. The first-order valence-electron chi connectivity index (χ1n) is 6.38. The Hall–Kier alpha value is -0.970. The molecule has 0 aliphatic carbocycles. The molecule has 1 fully saturated rings. The van der Waals surface area contributed by atoms with Crippen LogP contribution in [-0.4, -0.2) is 29.2 Å². The highest BCUT2D eigenvalue weighted by Gasteiger charge is 2.27. The zero-order valence-corrected chi connectivity index (χ0v) is 10.4. The standard InChI is InChI=1S/C13H21N3O/c1-2-12(14)13(11-5-7-15-8-6-11)16-9-3-4-10-17-16/h5-8,12-13H,2-4,9-10,14H2,1H3. The molecule has 17 heavy (non-hydrogen) atoms. The van der Waals surface area contributed by atoms with Crippen molar-refractivity contribution in [2.75, 3.05) is 13.2 Å². The lowest BCUT2D eigenvalue weighted by Gasteiger charge is -2.36. The molecule has 4 nitrogen and oxygen atoms in total. The maximum atomic E-state index is 6.24. The van der Waals surface area contributed by atoms with Crippen molar-refractivity contribution in [2.24, 2.45) is 5.73 Å². The molecule has 0 spiro atoms. The second kappa shape index (κ2) is 6.10. The number of hydrogen-bond donors (Lipinski definition) is 1. The van der Waals surface area contributed by atoms with Crippen molar-refractivity contribution >= 4 is 0 Å². The first-order chi connectivity index (χ1) is 8.33. The van der Waals surface area contributed by atoms with Gasteiger partial charge in [-0.25, -0.2) is 0 Å². The first kappa shape index (κ1) is 12.5. The van der Waals surface area contributed by atoms with Crippen molar-refractivity contribution in [3.63, 3.8) is 0 Å². The zero-order chi connectivity index (χ0) is 12.1. The number of pyridine rings is 1. The van der Waals surface area contributed by atoms with Crippen LogP contribution >= 0.6 is 0 Å². The summed E-state index contributed by atoms with van der Waals surface area (Å²) in [4.78, 5) is 9.81. The van der Waals surface area contributed by atoms with Crippen molar-refractivity contribution in [2.45, 2.75) is 38.3 Å². The molecule has 1 saturated heterocycles. The molecule has 1 aliphatic heterocycles. The van der Waals surface area contributed by atoms with Crippen LogP contribution in [-0.2, 0) is 4.84 Å². The van der Waals surface area contributed by atoms with Crippen LogP contribution < -0.4 is 5.73 Å². The minimum absolute atomic E-state index is 0.0931. The van der Waals surface area contributed by atoms with Gasteiger partial charge in [0.05, 0.1) is 12.6 Å². The van der Waals surface area contributed by atoms with Gasteiger partial charge in [0, 0.05) is 25.0 Å². The number of hydrogen-bond acceptors (Lipinski definition) is 4. The van der Waals surface area contributed by atoms with E-state index in [0.29, 0.717) is 0 Å². The van der Waals surface area contributed by atoms with Gasteiger partial charge in [0.25, 0.3) is 0 Å². The van der Waals surface area contributed by atoms with E-state index in [1.165, 1.54) is 12.0 Å². The summed E-state index contributed by atoms with van der Waals surface area (Å²) in [5.74, 6) is 0. The summed E-state index contributed by atoms with van der Waals surface area (Å²) in [6.07, 6.45) is 6.88. The third-order valence-electron chi connectivity index (χ3n) is 3.26. The van der Waals surface area contributed by atoms with E-state index in [9.17, 15) is 0 Å². The van der Waals surface area contributed by atoms with E-state index in [2.05, 4.69) is 11.9 Å². The topological polar surface area (TPSA) is 51.4 Å². The lowest BCUT2D eigenvalue weighted by molar-refractivity contribution is -0.212. The van der Waals surface area contributed by atoms with E-state index in [0.717, 1.165) is 26.0 Å². The molecule has 0 bridgehead atoms. The molecule has 0 aromatic carbocycles. The van der Waals surface area contributed by atoms with Crippen LogP contribution in [0.5, 0.6) is 0 Å². The monoisotopic (exact) mass is 235 g/mol. The Morgan fingerprint density at radius 2 is 2.18 bits per heavy atom. The number of nitrogens with two attached hydrogens (primary N) is 1. The lowest BCUT2D eigenvalue weighted by atomic mass is 9.98. The maximum absolute atomic E-state index is 6.24. The van der Waals surface area contributed by atoms with Crippen LogP contribution in [0.1, 0.15) is 37.8 Å². The van der Waals surface area contributed by atoms with Gasteiger partial charge in [0.1, 0.15) is 0 Å². The Balaban J connectivity index is 2.18. The summed E-state index contributed by atoms with van der Waals surface area (Å²) in [5.41, 5.74) is 7.43. The van der Waals surface area contributed by atoms with Crippen molar-refractivity contribution < 1.29 is 4.84 Å². The van der Waals surface area contributed by atoms with E-state index < -0.39 is 0 Å². The second-order valence-corrected chi connectivity index (χ2v) is 4.48. The van der Waals surface area contributed by atoms with Crippen molar-refractivity contribution in [1.82, 2.24) is 10.0 Å². The predicted molar refractivity (Wildman–Crippen MR) is 67.1 cm³/mol. The van der Waals surface area contributed by atoms with E-state index in [4.69, 9.17) is 10.6 Å². The molecule has 1 aliphatic rings. The molecule has 2 heterocycles. The van der Waals surface area contributed by atoms with Gasteiger partial charge in [-0.3, -0.25) is 9.82 Å². The average molecular weight is 235 g/mol. The highest BCUT2D eigenvalue weighted by atomic mass is 16.7. The van der Waals surface area contributed by atoms with Crippen molar-refractivity contribution in [3.8, 4) is 0 Å². The highest BCUT2D eigenvalue weighted by Crippen LogP contribution is 2.27. The SMILES string of the molecule is CCC(N)C(c1ccncc1)N1CCCCO1. The van der Waals surface area contributed by atoms with Gasteiger partial charge in [0.2, 0.25) is 0 Å². The Labute approximate surface area is 103 Å². The Morgan fingerprint density at radius 3 is 2.76 bits per heavy atom. The van der Waals surface area contributed by atoms with Crippen LogP contribution in [0.25, 0.3) is 0 Å². The summed E-state index contributed by atoms with van der Waals surface area (Å²) in [5, 5.41) is 2.05. The Kier molecular flexibility index (Phi) is 4.48. The largest absolute Gasteiger partial charge is 0.326 e. The van der Waals surface area contributed by atoms with Crippen LogP contribution in [0.2, 0.25) is 0 Å². The zero-order valence-electron chi connectivity index (χ0n) is 10.4. The summed E-state index contributed by atoms with van der Waals surface area (Å²) >= 11 is 0. The van der Waals surface area contributed by atoms with Crippen LogP contribution in [0.15, 0.2) is 24.5 Å². The molecule has 1 aromatic heterocycles. The van der Waals surface area contributed by atoms with Gasteiger partial charge in [0.15, 0.2) is 0 Å². The first-order valence-corrected chi connectivity index (χ1v) is 6.38. The fourth-order valence-electron chi connectivity index (χ4n) is 2.25. The molecule has 1 aromatic rings. The van der Waals surface area contributed by atoms with Gasteiger partial charge >= 0.3 is 0 Å². The van der Waals surface area contributed by atoms with Gasteiger partial charge < -0.3 is 5.73 Å². The molecule has 2 atom stereocenters. The van der Waals surface area contributed by atoms with Gasteiger partial charge in [-0.1, -0.05) is 6.92 Å². The lowest BCUT2D eigenvalue weighted by Crippen LogP contribution is -2.43. The van der Waals surface area contributed by atoms with E-state index in [-0.39, 0.29) is 12.1 Å². The predicted octanol–water partition coefficient (Wildman–Crippen LogP) is 1.89. The van der Waals surface area contributed by atoms with Gasteiger partial charge in [-0.15, -0.1) is 0 Å². The number of rotatable bonds is 4. The summed E-state index contributed by atoms with van der Waals surface area (Å²) in [7, 11) is 0. The fraction of sp³-hybridized carbons (Fsp3) is 0.615. The Bertz CT molecular complexity index is 325. The van der Waals surface area contributed by atoms with Crippen LogP contribution in [0, 0.1) is 0 Å². The second-order valence-electron chi connectivity index (χ2n) is 4.48. The molecule has 0 saturated carbocycles. The summed E-state index contributed by atoms with van der Waals surface area (Å²) < 4.78 is 0. The molecule has 0 radical (unpaired) electrons. The van der Waals surface area contributed by atoms with Crippen molar-refractivity contribution in [1.29, 1.82) is 0 Å². The number of nitrogens with zero attached hydrogens (tertiary/aromatic N) is 2. The quantitative estimate of drug-likeness (QED) is 0.866. The summed E-state index contributed by atoms with van der Waals surface area (Å²) in [6, 6.07) is 4.29. The molecule has 0 amide bonds. The normalized spacial score (nSPS) is 21.1. The molecular formula is C13H21N3O. The van der Waals surface area contributed by atoms with Crippen LogP contribution in [0.4, 0.5) is 0 Å². The number of hydroxylamine groups is 2. The van der Waals surface area contributed by atoms with Gasteiger partial charge in [-0.05, 0) is 37.0 Å². The van der Waals surface area contributed by atoms with Crippen LogP contribution in [0.3, 0.4) is 0 Å². The average Bonchev–Trinajstić information content (AvgIpc) is 2.41. The molecule has 4 heteroatoms. The smallest absolute Gasteiger partial charge is 0.0753 e. The molecule has 2 rings (SSSR count). The minimum atomic E-state index is 0.0931. The molecule has 2 unspecified atom stereocenters. The number of aromatic nitrogens is 1. The van der Waals surface area contributed by atoms with E-state index in [1.807, 2.05) is 29.6 Å². The molecule has 94 valence electrons. The van der Waals surface area contributed by atoms with E-state index >= 15 is 0 Å². The van der Waals surface area contributed by atoms with Gasteiger partial charge in [-0.2, -0.15) is 5.06 Å². The fourth-order valence-corrected chi connectivity index (χ4v) is 2.25. The highest BCUT2D eigenvalue weighted by molar-refractivity contribution is 5.17. The third-order valence-corrected chi connectivity index (χ3v) is 3.26. The Morgan fingerprint density at radius 1 is 1.41 bits per heavy atom.